The first-order chi connectivity index (χ1) is 7.60. The van der Waals surface area contributed by atoms with Gasteiger partial charge >= 0.3 is 5.97 Å². The second-order valence-corrected chi connectivity index (χ2v) is 3.36. The Morgan fingerprint density at radius 3 is 2.25 bits per heavy atom. The van der Waals surface area contributed by atoms with Gasteiger partial charge in [0.2, 0.25) is 0 Å². The van der Waals surface area contributed by atoms with E-state index in [0.29, 0.717) is 18.7 Å². The van der Waals surface area contributed by atoms with Gasteiger partial charge in [-0.15, -0.1) is 0 Å². The van der Waals surface area contributed by atoms with E-state index in [1.54, 1.807) is 17.0 Å². The van der Waals surface area contributed by atoms with E-state index in [-0.39, 0.29) is 11.5 Å². The maximum absolute atomic E-state index is 11.9. The minimum absolute atomic E-state index is 0.131. The lowest BCUT2D eigenvalue weighted by Crippen LogP contribution is -2.30. The van der Waals surface area contributed by atoms with Gasteiger partial charge in [-0.1, -0.05) is 6.07 Å². The van der Waals surface area contributed by atoms with Crippen LogP contribution in [0.2, 0.25) is 0 Å². The highest BCUT2D eigenvalue weighted by molar-refractivity contribution is 5.97. The van der Waals surface area contributed by atoms with Gasteiger partial charge in [0, 0.05) is 18.7 Å². The summed E-state index contributed by atoms with van der Waals surface area (Å²) in [6.07, 6.45) is 0. The standard InChI is InChI=1S/C12H15NO3/c1-3-13(4-2)11(14)9-6-5-7-10(8-9)12(15)16/h5-8H,3-4H2,1-2H3,(H,15,16). The highest BCUT2D eigenvalue weighted by atomic mass is 16.4. The zero-order valence-electron chi connectivity index (χ0n) is 9.43. The molecule has 1 aromatic carbocycles. The van der Waals surface area contributed by atoms with Crippen LogP contribution in [-0.4, -0.2) is 35.0 Å². The minimum atomic E-state index is -1.02. The number of carbonyl (C=O) groups is 2. The molecule has 1 aromatic rings. The normalized spacial score (nSPS) is 9.88. The average molecular weight is 221 g/mol. The fourth-order valence-corrected chi connectivity index (χ4v) is 1.48. The predicted molar refractivity (Wildman–Crippen MR) is 60.7 cm³/mol. The Morgan fingerprint density at radius 2 is 1.75 bits per heavy atom. The van der Waals surface area contributed by atoms with Crippen LogP contribution in [-0.2, 0) is 0 Å². The Bertz CT molecular complexity index is 397. The van der Waals surface area contributed by atoms with Gasteiger partial charge in [0.25, 0.3) is 5.91 Å². The molecule has 0 saturated carbocycles. The van der Waals surface area contributed by atoms with Crippen LogP contribution in [0.1, 0.15) is 34.6 Å². The molecule has 0 aliphatic rings. The summed E-state index contributed by atoms with van der Waals surface area (Å²) in [4.78, 5) is 24.3. The molecule has 1 N–H and O–H groups in total. The number of hydrogen-bond donors (Lipinski definition) is 1. The van der Waals surface area contributed by atoms with Crippen molar-refractivity contribution in [3.63, 3.8) is 0 Å². The summed E-state index contributed by atoms with van der Waals surface area (Å²) in [6.45, 7) is 5.02. The molecule has 0 spiro atoms. The van der Waals surface area contributed by atoms with Gasteiger partial charge in [-0.05, 0) is 32.0 Å². The maximum atomic E-state index is 11.9. The summed E-state index contributed by atoms with van der Waals surface area (Å²) < 4.78 is 0. The molecular weight excluding hydrogens is 206 g/mol. The van der Waals surface area contributed by atoms with Crippen molar-refractivity contribution >= 4 is 11.9 Å². The third-order valence-corrected chi connectivity index (χ3v) is 2.41. The molecule has 4 nitrogen and oxygen atoms in total. The molecule has 0 unspecified atom stereocenters. The number of nitrogens with zero attached hydrogens (tertiary/aromatic N) is 1. The molecule has 0 aliphatic heterocycles. The SMILES string of the molecule is CCN(CC)C(=O)c1cccc(C(=O)O)c1. The van der Waals surface area contributed by atoms with E-state index in [9.17, 15) is 9.59 Å². The van der Waals surface area contributed by atoms with Gasteiger partial charge in [0.15, 0.2) is 0 Å². The summed E-state index contributed by atoms with van der Waals surface area (Å²) in [6, 6.07) is 6.09. The van der Waals surface area contributed by atoms with Crippen LogP contribution < -0.4 is 0 Å². The Kier molecular flexibility index (Phi) is 4.05. The van der Waals surface area contributed by atoms with Crippen LogP contribution >= 0.6 is 0 Å². The van der Waals surface area contributed by atoms with Crippen LogP contribution in [0.15, 0.2) is 24.3 Å². The summed E-state index contributed by atoms with van der Waals surface area (Å²) in [5, 5.41) is 8.82. The van der Waals surface area contributed by atoms with Gasteiger partial charge < -0.3 is 10.0 Å². The van der Waals surface area contributed by atoms with Crippen molar-refractivity contribution in [3.8, 4) is 0 Å². The Labute approximate surface area is 94.5 Å². The van der Waals surface area contributed by atoms with Crippen molar-refractivity contribution < 1.29 is 14.7 Å². The van der Waals surface area contributed by atoms with E-state index in [1.165, 1.54) is 12.1 Å². The molecule has 0 fully saturated rings. The number of aromatic carboxylic acids is 1. The van der Waals surface area contributed by atoms with Crippen LogP contribution in [0, 0.1) is 0 Å². The van der Waals surface area contributed by atoms with Crippen LogP contribution in [0.5, 0.6) is 0 Å². The van der Waals surface area contributed by atoms with Gasteiger partial charge in [0.1, 0.15) is 0 Å². The van der Waals surface area contributed by atoms with Crippen molar-refractivity contribution in [1.29, 1.82) is 0 Å². The summed E-state index contributed by atoms with van der Waals surface area (Å²) in [5.41, 5.74) is 0.557. The molecule has 16 heavy (non-hydrogen) atoms. The highest BCUT2D eigenvalue weighted by Gasteiger charge is 2.13. The molecule has 0 saturated heterocycles. The van der Waals surface area contributed by atoms with Crippen LogP contribution in [0.4, 0.5) is 0 Å². The third kappa shape index (κ3) is 2.59. The van der Waals surface area contributed by atoms with Crippen LogP contribution in [0.25, 0.3) is 0 Å². The lowest BCUT2D eigenvalue weighted by Gasteiger charge is -2.18. The van der Waals surface area contributed by atoms with Gasteiger partial charge in [-0.2, -0.15) is 0 Å². The number of amides is 1. The fourth-order valence-electron chi connectivity index (χ4n) is 1.48. The van der Waals surface area contributed by atoms with Crippen molar-refractivity contribution in [1.82, 2.24) is 4.90 Å². The number of carbonyl (C=O) groups excluding carboxylic acids is 1. The second kappa shape index (κ2) is 5.30. The number of carboxylic acids is 1. The largest absolute Gasteiger partial charge is 0.478 e. The molecule has 1 amide bonds. The summed E-state index contributed by atoms with van der Waals surface area (Å²) >= 11 is 0. The molecule has 0 heterocycles. The van der Waals surface area contributed by atoms with Crippen molar-refractivity contribution in [3.05, 3.63) is 35.4 Å². The monoisotopic (exact) mass is 221 g/mol. The Balaban J connectivity index is 3.00. The third-order valence-electron chi connectivity index (χ3n) is 2.41. The molecule has 0 aromatic heterocycles. The molecule has 0 bridgehead atoms. The zero-order valence-corrected chi connectivity index (χ0v) is 9.43. The molecule has 0 atom stereocenters. The van der Waals surface area contributed by atoms with E-state index < -0.39 is 5.97 Å². The zero-order chi connectivity index (χ0) is 12.1. The van der Waals surface area contributed by atoms with Crippen molar-refractivity contribution in [2.75, 3.05) is 13.1 Å². The smallest absolute Gasteiger partial charge is 0.335 e. The predicted octanol–water partition coefficient (Wildman–Crippen LogP) is 1.87. The molecule has 4 heteroatoms. The Hall–Kier alpha value is -1.84. The van der Waals surface area contributed by atoms with Gasteiger partial charge in [-0.25, -0.2) is 4.79 Å². The molecule has 1 rings (SSSR count). The number of rotatable bonds is 4. The molecular formula is C12H15NO3. The molecule has 0 radical (unpaired) electrons. The quantitative estimate of drug-likeness (QED) is 0.844. The summed E-state index contributed by atoms with van der Waals surface area (Å²) in [5.74, 6) is -1.15. The number of hydrogen-bond acceptors (Lipinski definition) is 2. The lowest BCUT2D eigenvalue weighted by atomic mass is 10.1. The maximum Gasteiger partial charge on any atom is 0.335 e. The average Bonchev–Trinajstić information content (AvgIpc) is 2.30. The van der Waals surface area contributed by atoms with E-state index in [4.69, 9.17) is 5.11 Å². The number of carboxylic acid groups (broad SMARTS) is 1. The lowest BCUT2D eigenvalue weighted by molar-refractivity contribution is 0.0697. The first-order valence-corrected chi connectivity index (χ1v) is 5.22. The van der Waals surface area contributed by atoms with Crippen molar-refractivity contribution in [2.45, 2.75) is 13.8 Å². The first kappa shape index (κ1) is 12.2. The first-order valence-electron chi connectivity index (χ1n) is 5.22. The van der Waals surface area contributed by atoms with E-state index in [1.807, 2.05) is 13.8 Å². The molecule has 86 valence electrons. The van der Waals surface area contributed by atoms with Gasteiger partial charge in [0.05, 0.1) is 5.56 Å². The summed E-state index contributed by atoms with van der Waals surface area (Å²) in [7, 11) is 0. The topological polar surface area (TPSA) is 57.6 Å². The second-order valence-electron chi connectivity index (χ2n) is 3.36. The Morgan fingerprint density at radius 1 is 1.19 bits per heavy atom. The van der Waals surface area contributed by atoms with E-state index in [0.717, 1.165) is 0 Å². The van der Waals surface area contributed by atoms with Crippen LogP contribution in [0.3, 0.4) is 0 Å². The van der Waals surface area contributed by atoms with E-state index in [2.05, 4.69) is 0 Å². The molecule has 0 aliphatic carbocycles. The van der Waals surface area contributed by atoms with E-state index >= 15 is 0 Å². The number of benzene rings is 1. The van der Waals surface area contributed by atoms with Gasteiger partial charge in [-0.3, -0.25) is 4.79 Å². The fraction of sp³-hybridized carbons (Fsp3) is 0.333. The minimum Gasteiger partial charge on any atom is -0.478 e. The highest BCUT2D eigenvalue weighted by Crippen LogP contribution is 2.08. The van der Waals surface area contributed by atoms with Crippen molar-refractivity contribution in [2.24, 2.45) is 0 Å².